The summed E-state index contributed by atoms with van der Waals surface area (Å²) in [6.07, 6.45) is 0. The van der Waals surface area contributed by atoms with Gasteiger partial charge in [0.15, 0.2) is 0 Å². The Kier molecular flexibility index (Phi) is 3.01. The van der Waals surface area contributed by atoms with Gasteiger partial charge in [0.05, 0.1) is 13.1 Å². The minimum absolute atomic E-state index is 0.110. The number of rotatable bonds is 2. The van der Waals surface area contributed by atoms with Crippen molar-refractivity contribution in [1.82, 2.24) is 10.2 Å². The van der Waals surface area contributed by atoms with Gasteiger partial charge in [-0.25, -0.2) is 4.39 Å². The predicted molar refractivity (Wildman–Crippen MR) is 70.1 cm³/mol. The molecule has 0 saturated carbocycles. The number of hydrogen-bond acceptors (Lipinski definition) is 3. The number of piperazine rings is 1. The number of fused-ring (bicyclic) bond motifs is 1. The minimum Gasteiger partial charge on any atom is -0.335 e. The Hall–Kier alpha value is -1.46. The molecule has 94 valence electrons. The Morgan fingerprint density at radius 1 is 1.44 bits per heavy atom. The van der Waals surface area contributed by atoms with E-state index in [9.17, 15) is 9.18 Å². The second-order valence-electron chi connectivity index (χ2n) is 4.36. The normalized spacial score (nSPS) is 16.5. The van der Waals surface area contributed by atoms with Crippen molar-refractivity contribution < 1.29 is 9.18 Å². The molecule has 1 aromatic carbocycles. The number of carbonyl (C=O) groups excluding carboxylic acids is 1. The van der Waals surface area contributed by atoms with Crippen LogP contribution >= 0.6 is 11.3 Å². The molecular weight excluding hydrogens is 251 g/mol. The van der Waals surface area contributed by atoms with Crippen LogP contribution in [0, 0.1) is 5.82 Å². The van der Waals surface area contributed by atoms with E-state index < -0.39 is 0 Å². The molecule has 1 saturated heterocycles. The van der Waals surface area contributed by atoms with Gasteiger partial charge in [-0.1, -0.05) is 6.07 Å². The topological polar surface area (TPSA) is 32.3 Å². The molecule has 0 bridgehead atoms. The molecule has 1 N–H and O–H groups in total. The van der Waals surface area contributed by atoms with Crippen LogP contribution in [0.25, 0.3) is 10.1 Å². The third-order valence-corrected chi connectivity index (χ3v) is 4.18. The fraction of sp³-hybridized carbons (Fsp3) is 0.308. The predicted octanol–water partition coefficient (Wildman–Crippen LogP) is 1.97. The number of hydrogen-bond donors (Lipinski definition) is 1. The van der Waals surface area contributed by atoms with E-state index >= 15 is 0 Å². The molecule has 5 heteroatoms. The first-order valence-electron chi connectivity index (χ1n) is 5.89. The van der Waals surface area contributed by atoms with Crippen molar-refractivity contribution in [3.63, 3.8) is 0 Å². The van der Waals surface area contributed by atoms with Crippen molar-refractivity contribution in [1.29, 1.82) is 0 Å². The molecule has 0 radical (unpaired) electrons. The van der Waals surface area contributed by atoms with Crippen molar-refractivity contribution in [3.05, 3.63) is 35.0 Å². The van der Waals surface area contributed by atoms with Crippen molar-refractivity contribution in [2.75, 3.05) is 19.6 Å². The molecule has 1 aliphatic rings. The summed E-state index contributed by atoms with van der Waals surface area (Å²) in [5.41, 5.74) is 0. The van der Waals surface area contributed by atoms with E-state index in [1.54, 1.807) is 17.4 Å². The number of amides is 1. The second kappa shape index (κ2) is 4.66. The van der Waals surface area contributed by atoms with Gasteiger partial charge in [0, 0.05) is 28.1 Å². The third-order valence-electron chi connectivity index (χ3n) is 3.09. The molecule has 1 fully saturated rings. The molecule has 0 spiro atoms. The van der Waals surface area contributed by atoms with Crippen molar-refractivity contribution >= 4 is 27.3 Å². The Bertz CT molecular complexity index is 596. The third kappa shape index (κ3) is 2.11. The molecule has 0 aliphatic carbocycles. The maximum atomic E-state index is 13.6. The molecule has 0 unspecified atom stereocenters. The van der Waals surface area contributed by atoms with Gasteiger partial charge in [-0.05, 0) is 18.2 Å². The van der Waals surface area contributed by atoms with Crippen molar-refractivity contribution in [2.24, 2.45) is 0 Å². The SMILES string of the molecule is O=C1CNCCN1Cc1cc2c(F)cccc2s1. The number of benzene rings is 1. The van der Waals surface area contributed by atoms with Gasteiger partial charge in [-0.3, -0.25) is 4.79 Å². The number of halogens is 1. The molecule has 1 amide bonds. The summed E-state index contributed by atoms with van der Waals surface area (Å²) in [4.78, 5) is 14.5. The molecule has 18 heavy (non-hydrogen) atoms. The van der Waals surface area contributed by atoms with E-state index in [1.165, 1.54) is 6.07 Å². The van der Waals surface area contributed by atoms with Crippen LogP contribution in [0.4, 0.5) is 4.39 Å². The monoisotopic (exact) mass is 264 g/mol. The Morgan fingerprint density at radius 3 is 3.11 bits per heavy atom. The lowest BCUT2D eigenvalue weighted by Gasteiger charge is -2.26. The lowest BCUT2D eigenvalue weighted by atomic mass is 10.2. The van der Waals surface area contributed by atoms with Crippen LogP contribution < -0.4 is 5.32 Å². The summed E-state index contributed by atoms with van der Waals surface area (Å²) >= 11 is 1.55. The van der Waals surface area contributed by atoms with Crippen LogP contribution in [-0.4, -0.2) is 30.4 Å². The van der Waals surface area contributed by atoms with Gasteiger partial charge in [0.2, 0.25) is 5.91 Å². The zero-order valence-electron chi connectivity index (χ0n) is 9.78. The average molecular weight is 264 g/mol. The van der Waals surface area contributed by atoms with Crippen LogP contribution in [0.3, 0.4) is 0 Å². The van der Waals surface area contributed by atoms with E-state index in [1.807, 2.05) is 17.0 Å². The number of carbonyl (C=O) groups is 1. The van der Waals surface area contributed by atoms with Crippen molar-refractivity contribution in [2.45, 2.75) is 6.54 Å². The summed E-state index contributed by atoms with van der Waals surface area (Å²) < 4.78 is 14.5. The van der Waals surface area contributed by atoms with Gasteiger partial charge in [0.1, 0.15) is 5.82 Å². The first kappa shape index (κ1) is 11.6. The van der Waals surface area contributed by atoms with E-state index in [0.29, 0.717) is 18.5 Å². The van der Waals surface area contributed by atoms with E-state index in [0.717, 1.165) is 22.7 Å². The molecule has 3 rings (SSSR count). The number of nitrogens with one attached hydrogen (secondary N) is 1. The van der Waals surface area contributed by atoms with Crippen LogP contribution in [0.5, 0.6) is 0 Å². The van der Waals surface area contributed by atoms with Crippen LogP contribution in [0.1, 0.15) is 4.88 Å². The minimum atomic E-state index is -0.193. The highest BCUT2D eigenvalue weighted by molar-refractivity contribution is 7.19. The Labute approximate surface area is 108 Å². The highest BCUT2D eigenvalue weighted by Gasteiger charge is 2.18. The fourth-order valence-electron chi connectivity index (χ4n) is 2.16. The quantitative estimate of drug-likeness (QED) is 0.899. The van der Waals surface area contributed by atoms with Gasteiger partial charge in [-0.2, -0.15) is 0 Å². The number of thiophene rings is 1. The molecular formula is C13H13FN2OS. The fourth-order valence-corrected chi connectivity index (χ4v) is 3.25. The Balaban J connectivity index is 1.86. The lowest BCUT2D eigenvalue weighted by Crippen LogP contribution is -2.47. The summed E-state index contributed by atoms with van der Waals surface area (Å²) in [5.74, 6) is -0.0826. The molecule has 1 aliphatic heterocycles. The van der Waals surface area contributed by atoms with Crippen LogP contribution in [0.15, 0.2) is 24.3 Å². The summed E-state index contributed by atoms with van der Waals surface area (Å²) in [6.45, 7) is 2.53. The maximum absolute atomic E-state index is 13.6. The van der Waals surface area contributed by atoms with Gasteiger partial charge in [0.25, 0.3) is 0 Å². The largest absolute Gasteiger partial charge is 0.335 e. The molecule has 2 heterocycles. The van der Waals surface area contributed by atoms with Crippen LogP contribution in [0.2, 0.25) is 0 Å². The smallest absolute Gasteiger partial charge is 0.236 e. The Morgan fingerprint density at radius 2 is 2.33 bits per heavy atom. The standard InChI is InChI=1S/C13H13FN2OS/c14-11-2-1-3-12-10(11)6-9(18-12)8-16-5-4-15-7-13(16)17/h1-3,6,15H,4-5,7-8H2. The summed E-state index contributed by atoms with van der Waals surface area (Å²) in [6, 6.07) is 6.94. The molecule has 1 aromatic heterocycles. The van der Waals surface area contributed by atoms with Gasteiger partial charge in [-0.15, -0.1) is 11.3 Å². The highest BCUT2D eigenvalue weighted by atomic mass is 32.1. The molecule has 0 atom stereocenters. The summed E-state index contributed by atoms with van der Waals surface area (Å²) in [7, 11) is 0. The maximum Gasteiger partial charge on any atom is 0.236 e. The average Bonchev–Trinajstić information content (AvgIpc) is 2.76. The molecule has 2 aromatic rings. The lowest BCUT2D eigenvalue weighted by molar-refractivity contribution is -0.132. The van der Waals surface area contributed by atoms with Crippen LogP contribution in [-0.2, 0) is 11.3 Å². The van der Waals surface area contributed by atoms with Crippen molar-refractivity contribution in [3.8, 4) is 0 Å². The zero-order valence-corrected chi connectivity index (χ0v) is 10.6. The molecule has 3 nitrogen and oxygen atoms in total. The van der Waals surface area contributed by atoms with E-state index in [2.05, 4.69) is 5.32 Å². The van der Waals surface area contributed by atoms with E-state index in [4.69, 9.17) is 0 Å². The second-order valence-corrected chi connectivity index (χ2v) is 5.52. The first-order valence-corrected chi connectivity index (χ1v) is 6.71. The highest BCUT2D eigenvalue weighted by Crippen LogP contribution is 2.28. The zero-order chi connectivity index (χ0) is 12.5. The summed E-state index contributed by atoms with van der Waals surface area (Å²) in [5, 5.41) is 3.69. The first-order chi connectivity index (χ1) is 8.74. The van der Waals surface area contributed by atoms with Gasteiger partial charge < -0.3 is 10.2 Å². The number of nitrogens with zero attached hydrogens (tertiary/aromatic N) is 1. The van der Waals surface area contributed by atoms with E-state index in [-0.39, 0.29) is 11.7 Å². The van der Waals surface area contributed by atoms with Gasteiger partial charge >= 0.3 is 0 Å².